The lowest BCUT2D eigenvalue weighted by atomic mass is 9.89. The number of nitrogens with one attached hydrogen (secondary N) is 1. The van der Waals surface area contributed by atoms with Gasteiger partial charge in [-0.05, 0) is 50.6 Å². The van der Waals surface area contributed by atoms with Crippen molar-refractivity contribution in [2.24, 2.45) is 0 Å². The molecule has 37 heavy (non-hydrogen) atoms. The van der Waals surface area contributed by atoms with E-state index in [4.69, 9.17) is 4.74 Å². The van der Waals surface area contributed by atoms with E-state index in [-0.39, 0.29) is 11.7 Å². The number of fused-ring (bicyclic) bond motifs is 3. The predicted molar refractivity (Wildman–Crippen MR) is 145 cm³/mol. The van der Waals surface area contributed by atoms with E-state index in [1.165, 1.54) is 11.8 Å². The number of amides is 1. The van der Waals surface area contributed by atoms with Crippen LogP contribution in [-0.4, -0.2) is 38.9 Å². The van der Waals surface area contributed by atoms with Gasteiger partial charge in [0.05, 0.1) is 23.5 Å². The molecule has 8 nitrogen and oxygen atoms in total. The molecule has 1 aliphatic heterocycles. The number of nitriles is 1. The lowest BCUT2D eigenvalue weighted by molar-refractivity contribution is -0.115. The normalized spacial score (nSPS) is 14.1. The third-order valence-corrected chi connectivity index (χ3v) is 7.42. The molecule has 2 aromatic carbocycles. The van der Waals surface area contributed by atoms with Gasteiger partial charge in [-0.15, -0.1) is 10.2 Å². The number of nitrogens with zero attached hydrogens (tertiary/aromatic N) is 5. The molecular formula is C28H28N6O2S. The van der Waals surface area contributed by atoms with Crippen molar-refractivity contribution >= 4 is 40.5 Å². The highest BCUT2D eigenvalue weighted by atomic mass is 32.2. The number of hydrogen-bond acceptors (Lipinski definition) is 7. The molecule has 0 radical (unpaired) electrons. The second kappa shape index (κ2) is 9.88. The Morgan fingerprint density at radius 3 is 2.59 bits per heavy atom. The van der Waals surface area contributed by atoms with Crippen LogP contribution in [0.25, 0.3) is 5.65 Å². The molecule has 5 rings (SSSR count). The molecule has 0 spiro atoms. The summed E-state index contributed by atoms with van der Waals surface area (Å²) in [5, 5.41) is 23.2. The zero-order chi connectivity index (χ0) is 26.2. The first kappa shape index (κ1) is 24.8. The molecule has 3 heterocycles. The van der Waals surface area contributed by atoms with Crippen LogP contribution in [0.15, 0.2) is 59.8 Å². The van der Waals surface area contributed by atoms with Gasteiger partial charge in [-0.1, -0.05) is 47.7 Å². The van der Waals surface area contributed by atoms with E-state index in [1.54, 1.807) is 11.9 Å². The quantitative estimate of drug-likeness (QED) is 0.352. The van der Waals surface area contributed by atoms with Crippen LogP contribution in [-0.2, 0) is 22.6 Å². The van der Waals surface area contributed by atoms with Crippen molar-refractivity contribution in [2.45, 2.75) is 44.6 Å². The molecule has 188 valence electrons. The van der Waals surface area contributed by atoms with Gasteiger partial charge in [-0.3, -0.25) is 9.20 Å². The van der Waals surface area contributed by atoms with Crippen LogP contribution >= 0.6 is 11.8 Å². The fourth-order valence-corrected chi connectivity index (χ4v) is 5.27. The van der Waals surface area contributed by atoms with Gasteiger partial charge in [0.1, 0.15) is 11.9 Å². The summed E-state index contributed by atoms with van der Waals surface area (Å²) < 4.78 is 7.93. The van der Waals surface area contributed by atoms with E-state index < -0.39 is 5.60 Å². The number of aryl methyl sites for hydroxylation is 1. The minimum Gasteiger partial charge on any atom is -0.370 e. The number of aromatic nitrogens is 3. The molecule has 0 aliphatic carbocycles. The maximum Gasteiger partial charge on any atom is 0.237 e. The zero-order valence-corrected chi connectivity index (χ0v) is 22.1. The summed E-state index contributed by atoms with van der Waals surface area (Å²) in [7, 11) is 1.76. The average Bonchev–Trinajstić information content (AvgIpc) is 3.32. The minimum atomic E-state index is -0.399. The Kier molecular flexibility index (Phi) is 6.63. The van der Waals surface area contributed by atoms with Gasteiger partial charge in [-0.25, -0.2) is 0 Å². The number of rotatable bonds is 6. The van der Waals surface area contributed by atoms with Crippen molar-refractivity contribution in [3.05, 3.63) is 76.9 Å². The molecule has 0 unspecified atom stereocenters. The SMILES string of the molecule is Cc1ccc(Nc2c(C#N)c3c(c4nnc(SCC(=O)N(C)c5ccccc5)n24)COC(C)(C)C3)cc1. The van der Waals surface area contributed by atoms with Crippen LogP contribution in [0.1, 0.15) is 36.1 Å². The van der Waals surface area contributed by atoms with E-state index in [9.17, 15) is 10.1 Å². The van der Waals surface area contributed by atoms with Crippen molar-refractivity contribution in [3.8, 4) is 6.07 Å². The highest BCUT2D eigenvalue weighted by molar-refractivity contribution is 7.99. The fraction of sp³-hybridized carbons (Fsp3) is 0.286. The number of pyridine rings is 1. The summed E-state index contributed by atoms with van der Waals surface area (Å²) >= 11 is 1.29. The van der Waals surface area contributed by atoms with E-state index >= 15 is 0 Å². The van der Waals surface area contributed by atoms with Crippen LogP contribution < -0.4 is 10.2 Å². The van der Waals surface area contributed by atoms with Crippen molar-refractivity contribution < 1.29 is 9.53 Å². The van der Waals surface area contributed by atoms with Crippen LogP contribution in [0.4, 0.5) is 17.2 Å². The molecule has 0 saturated heterocycles. The minimum absolute atomic E-state index is 0.0652. The number of ether oxygens (including phenoxy) is 1. The Hall–Kier alpha value is -3.87. The highest BCUT2D eigenvalue weighted by Crippen LogP contribution is 2.38. The predicted octanol–water partition coefficient (Wildman–Crippen LogP) is 5.26. The van der Waals surface area contributed by atoms with Crippen molar-refractivity contribution in [1.29, 1.82) is 5.26 Å². The maximum absolute atomic E-state index is 13.0. The third kappa shape index (κ3) is 4.90. The van der Waals surface area contributed by atoms with Crippen LogP contribution in [0, 0.1) is 18.3 Å². The second-order valence-electron chi connectivity index (χ2n) is 9.73. The van der Waals surface area contributed by atoms with Crippen molar-refractivity contribution in [1.82, 2.24) is 14.6 Å². The molecular weight excluding hydrogens is 484 g/mol. The smallest absolute Gasteiger partial charge is 0.237 e. The van der Waals surface area contributed by atoms with E-state index in [0.717, 1.165) is 28.1 Å². The van der Waals surface area contributed by atoms with E-state index in [2.05, 4.69) is 21.6 Å². The number of thioether (sulfide) groups is 1. The number of carbonyl (C=O) groups excluding carboxylic acids is 1. The van der Waals surface area contributed by atoms with Gasteiger partial charge in [0.2, 0.25) is 5.91 Å². The average molecular weight is 513 g/mol. The molecule has 0 fully saturated rings. The van der Waals surface area contributed by atoms with Gasteiger partial charge >= 0.3 is 0 Å². The number of hydrogen-bond donors (Lipinski definition) is 1. The molecule has 1 amide bonds. The molecule has 4 aromatic rings. The number of para-hydroxylation sites is 1. The first-order valence-electron chi connectivity index (χ1n) is 12.0. The molecule has 0 saturated carbocycles. The van der Waals surface area contributed by atoms with E-state index in [1.807, 2.05) is 79.8 Å². The number of anilines is 3. The lowest BCUT2D eigenvalue weighted by Crippen LogP contribution is -2.33. The molecule has 2 aromatic heterocycles. The standard InChI is InChI=1S/C28H28N6O2S/c1-18-10-12-19(13-11-18)30-25-22(15-29)21-14-28(2,3)36-16-23(21)26-31-32-27(34(25)26)37-17-24(35)33(4)20-8-6-5-7-9-20/h5-13,30H,14,16-17H2,1-4H3. The summed E-state index contributed by atoms with van der Waals surface area (Å²) in [5.74, 6) is 0.692. The Morgan fingerprint density at radius 2 is 1.89 bits per heavy atom. The lowest BCUT2D eigenvalue weighted by Gasteiger charge is -2.33. The fourth-order valence-electron chi connectivity index (χ4n) is 4.42. The van der Waals surface area contributed by atoms with Gasteiger partial charge in [0.25, 0.3) is 0 Å². The number of carbonyl (C=O) groups is 1. The third-order valence-electron chi connectivity index (χ3n) is 6.51. The monoisotopic (exact) mass is 512 g/mol. The zero-order valence-electron chi connectivity index (χ0n) is 21.3. The summed E-state index contributed by atoms with van der Waals surface area (Å²) in [6.07, 6.45) is 0.583. The van der Waals surface area contributed by atoms with Crippen LogP contribution in [0.5, 0.6) is 0 Å². The van der Waals surface area contributed by atoms with Gasteiger partial charge in [0, 0.05) is 30.4 Å². The summed E-state index contributed by atoms with van der Waals surface area (Å²) in [4.78, 5) is 14.6. The summed E-state index contributed by atoms with van der Waals surface area (Å²) in [5.41, 5.74) is 5.36. The first-order chi connectivity index (χ1) is 17.8. The highest BCUT2D eigenvalue weighted by Gasteiger charge is 2.33. The second-order valence-corrected chi connectivity index (χ2v) is 10.7. The molecule has 0 bridgehead atoms. The van der Waals surface area contributed by atoms with Crippen LogP contribution in [0.3, 0.4) is 0 Å². The number of benzene rings is 2. The maximum atomic E-state index is 13.0. The van der Waals surface area contributed by atoms with Crippen molar-refractivity contribution in [3.63, 3.8) is 0 Å². The summed E-state index contributed by atoms with van der Waals surface area (Å²) in [6, 6.07) is 19.9. The molecule has 1 N–H and O–H groups in total. The molecule has 9 heteroatoms. The Morgan fingerprint density at radius 1 is 1.16 bits per heavy atom. The topological polar surface area (TPSA) is 95.5 Å². The molecule has 0 atom stereocenters. The van der Waals surface area contributed by atoms with E-state index in [0.29, 0.717) is 35.2 Å². The first-order valence-corrected chi connectivity index (χ1v) is 13.0. The van der Waals surface area contributed by atoms with Gasteiger partial charge in [-0.2, -0.15) is 5.26 Å². The Labute approximate surface area is 220 Å². The van der Waals surface area contributed by atoms with Crippen LogP contribution in [0.2, 0.25) is 0 Å². The van der Waals surface area contributed by atoms with Crippen molar-refractivity contribution in [2.75, 3.05) is 23.0 Å². The largest absolute Gasteiger partial charge is 0.370 e. The molecule has 1 aliphatic rings. The summed E-state index contributed by atoms with van der Waals surface area (Å²) in [6.45, 7) is 6.41. The Balaban J connectivity index is 1.57. The van der Waals surface area contributed by atoms with Gasteiger partial charge < -0.3 is 15.0 Å². The van der Waals surface area contributed by atoms with Gasteiger partial charge in [0.15, 0.2) is 10.8 Å². The Bertz CT molecular complexity index is 1510.